The maximum absolute atomic E-state index is 12.8. The minimum absolute atomic E-state index is 0.114. The van der Waals surface area contributed by atoms with Gasteiger partial charge < -0.3 is 10.2 Å². The summed E-state index contributed by atoms with van der Waals surface area (Å²) in [6.07, 6.45) is 0.243. The molecule has 0 saturated heterocycles. The van der Waals surface area contributed by atoms with Crippen LogP contribution in [0.4, 0.5) is 0 Å². The van der Waals surface area contributed by atoms with Crippen molar-refractivity contribution in [1.82, 2.24) is 10.2 Å². The predicted octanol–water partition coefficient (Wildman–Crippen LogP) is 3.05. The summed E-state index contributed by atoms with van der Waals surface area (Å²) < 4.78 is 0. The van der Waals surface area contributed by atoms with Crippen LogP contribution in [0.15, 0.2) is 54.6 Å². The fourth-order valence-corrected chi connectivity index (χ4v) is 2.67. The van der Waals surface area contributed by atoms with E-state index >= 15 is 0 Å². The van der Waals surface area contributed by atoms with Crippen LogP contribution in [-0.4, -0.2) is 29.8 Å². The van der Waals surface area contributed by atoms with Gasteiger partial charge in [0.2, 0.25) is 11.8 Å². The molecule has 4 nitrogen and oxygen atoms in total. The number of rotatable bonds is 6. The lowest BCUT2D eigenvalue weighted by atomic mass is 10.1. The first-order chi connectivity index (χ1) is 11.5. The van der Waals surface area contributed by atoms with Gasteiger partial charge in [0.1, 0.15) is 6.04 Å². The minimum atomic E-state index is -0.581. The molecule has 1 atom stereocenters. The van der Waals surface area contributed by atoms with Crippen molar-refractivity contribution in [3.05, 3.63) is 70.7 Å². The lowest BCUT2D eigenvalue weighted by Gasteiger charge is -2.28. The molecule has 0 aromatic heterocycles. The molecular weight excluding hydrogens is 324 g/mol. The quantitative estimate of drug-likeness (QED) is 0.875. The van der Waals surface area contributed by atoms with Gasteiger partial charge in [-0.1, -0.05) is 60.1 Å². The van der Waals surface area contributed by atoms with Crippen molar-refractivity contribution in [3.63, 3.8) is 0 Å². The van der Waals surface area contributed by atoms with Crippen molar-refractivity contribution in [1.29, 1.82) is 0 Å². The molecule has 0 radical (unpaired) electrons. The third-order valence-electron chi connectivity index (χ3n) is 3.91. The van der Waals surface area contributed by atoms with Gasteiger partial charge in [0.15, 0.2) is 0 Å². The molecule has 2 amide bonds. The van der Waals surface area contributed by atoms with Gasteiger partial charge in [0.05, 0.1) is 6.42 Å². The fraction of sp³-hybridized carbons (Fsp3) is 0.263. The second kappa shape index (κ2) is 8.50. The van der Waals surface area contributed by atoms with Crippen LogP contribution in [-0.2, 0) is 22.6 Å². The van der Waals surface area contributed by atoms with E-state index in [4.69, 9.17) is 11.6 Å². The van der Waals surface area contributed by atoms with Crippen LogP contribution in [0.1, 0.15) is 18.1 Å². The summed E-state index contributed by atoms with van der Waals surface area (Å²) in [6, 6.07) is 16.3. The third kappa shape index (κ3) is 4.59. The van der Waals surface area contributed by atoms with E-state index in [-0.39, 0.29) is 18.2 Å². The Hall–Kier alpha value is -2.33. The number of benzene rings is 2. The van der Waals surface area contributed by atoms with Crippen LogP contribution in [0.25, 0.3) is 0 Å². The highest BCUT2D eigenvalue weighted by Crippen LogP contribution is 2.19. The monoisotopic (exact) mass is 344 g/mol. The number of likely N-dealkylation sites (N-methyl/N-ethyl adjacent to an activating group) is 1. The highest BCUT2D eigenvalue weighted by Gasteiger charge is 2.25. The first-order valence-corrected chi connectivity index (χ1v) is 8.19. The maximum Gasteiger partial charge on any atom is 0.242 e. The van der Waals surface area contributed by atoms with Crippen molar-refractivity contribution >= 4 is 23.4 Å². The zero-order valence-corrected chi connectivity index (χ0v) is 14.6. The summed E-state index contributed by atoms with van der Waals surface area (Å²) in [5.41, 5.74) is 1.73. The van der Waals surface area contributed by atoms with E-state index in [1.807, 2.05) is 48.5 Å². The zero-order chi connectivity index (χ0) is 17.5. The molecule has 24 heavy (non-hydrogen) atoms. The number of amides is 2. The van der Waals surface area contributed by atoms with Crippen LogP contribution >= 0.6 is 11.6 Å². The molecule has 126 valence electrons. The second-order valence-corrected chi connectivity index (χ2v) is 5.97. The Morgan fingerprint density at radius 2 is 1.71 bits per heavy atom. The predicted molar refractivity (Wildman–Crippen MR) is 95.7 cm³/mol. The normalized spacial score (nSPS) is 11.6. The average Bonchev–Trinajstić information content (AvgIpc) is 2.60. The van der Waals surface area contributed by atoms with Crippen LogP contribution < -0.4 is 5.32 Å². The van der Waals surface area contributed by atoms with E-state index in [0.29, 0.717) is 11.6 Å². The Morgan fingerprint density at radius 3 is 2.33 bits per heavy atom. The molecule has 0 aliphatic carbocycles. The summed E-state index contributed by atoms with van der Waals surface area (Å²) in [5, 5.41) is 3.18. The third-order valence-corrected chi connectivity index (χ3v) is 4.28. The van der Waals surface area contributed by atoms with E-state index in [1.54, 1.807) is 24.9 Å². The van der Waals surface area contributed by atoms with Crippen molar-refractivity contribution < 1.29 is 9.59 Å². The Balaban J connectivity index is 2.23. The van der Waals surface area contributed by atoms with Crippen LogP contribution in [0, 0.1) is 0 Å². The van der Waals surface area contributed by atoms with E-state index in [2.05, 4.69) is 5.32 Å². The minimum Gasteiger partial charge on any atom is -0.357 e. The summed E-state index contributed by atoms with van der Waals surface area (Å²) in [5.74, 6) is -0.319. The molecule has 0 spiro atoms. The van der Waals surface area contributed by atoms with E-state index in [9.17, 15) is 9.59 Å². The van der Waals surface area contributed by atoms with Gasteiger partial charge in [0, 0.05) is 18.6 Å². The molecule has 1 N–H and O–H groups in total. The average molecular weight is 345 g/mol. The molecule has 0 aliphatic heterocycles. The van der Waals surface area contributed by atoms with Gasteiger partial charge >= 0.3 is 0 Å². The van der Waals surface area contributed by atoms with Crippen LogP contribution in [0.5, 0.6) is 0 Å². The molecule has 0 aliphatic rings. The number of carbonyl (C=O) groups excluding carboxylic acids is 2. The van der Waals surface area contributed by atoms with E-state index in [0.717, 1.165) is 11.1 Å². The molecule has 0 unspecified atom stereocenters. The number of halogens is 1. The molecule has 0 fully saturated rings. The molecule has 0 saturated carbocycles. The van der Waals surface area contributed by atoms with Crippen LogP contribution in [0.2, 0.25) is 5.02 Å². The first-order valence-electron chi connectivity index (χ1n) is 7.81. The Labute approximate surface area is 147 Å². The van der Waals surface area contributed by atoms with E-state index in [1.165, 1.54) is 0 Å². The SMILES string of the molecule is CNC(=O)[C@@H](C)N(Cc1ccccc1Cl)C(=O)Cc1ccccc1. The van der Waals surface area contributed by atoms with Crippen molar-refractivity contribution in [3.8, 4) is 0 Å². The molecule has 0 bridgehead atoms. The number of nitrogens with zero attached hydrogens (tertiary/aromatic N) is 1. The topological polar surface area (TPSA) is 49.4 Å². The molecule has 2 aromatic rings. The highest BCUT2D eigenvalue weighted by atomic mass is 35.5. The molecule has 5 heteroatoms. The summed E-state index contributed by atoms with van der Waals surface area (Å²) in [4.78, 5) is 26.4. The molecule has 0 heterocycles. The molecule has 2 aromatic carbocycles. The number of nitrogens with one attached hydrogen (secondary N) is 1. The summed E-state index contributed by atoms with van der Waals surface area (Å²) in [6.45, 7) is 2.01. The van der Waals surface area contributed by atoms with E-state index < -0.39 is 6.04 Å². The van der Waals surface area contributed by atoms with Crippen molar-refractivity contribution in [2.75, 3.05) is 7.05 Å². The summed E-state index contributed by atoms with van der Waals surface area (Å²) in [7, 11) is 1.56. The van der Waals surface area contributed by atoms with Crippen molar-refractivity contribution in [2.24, 2.45) is 0 Å². The van der Waals surface area contributed by atoms with Crippen LogP contribution in [0.3, 0.4) is 0 Å². The first kappa shape index (κ1) is 18.0. The van der Waals surface area contributed by atoms with Gasteiger partial charge in [-0.25, -0.2) is 0 Å². The van der Waals surface area contributed by atoms with Gasteiger partial charge in [-0.15, -0.1) is 0 Å². The van der Waals surface area contributed by atoms with Gasteiger partial charge in [-0.2, -0.15) is 0 Å². The van der Waals surface area contributed by atoms with Gasteiger partial charge in [0.25, 0.3) is 0 Å². The van der Waals surface area contributed by atoms with Gasteiger partial charge in [-0.3, -0.25) is 9.59 Å². The van der Waals surface area contributed by atoms with Gasteiger partial charge in [-0.05, 0) is 24.1 Å². The fourth-order valence-electron chi connectivity index (χ4n) is 2.47. The number of hydrogen-bond donors (Lipinski definition) is 1. The Morgan fingerprint density at radius 1 is 1.08 bits per heavy atom. The lowest BCUT2D eigenvalue weighted by molar-refractivity contribution is -0.139. The maximum atomic E-state index is 12.8. The highest BCUT2D eigenvalue weighted by molar-refractivity contribution is 6.31. The zero-order valence-electron chi connectivity index (χ0n) is 13.8. The standard InChI is InChI=1S/C19H21ClN2O2/c1-14(19(24)21-2)22(13-16-10-6-7-11-17(16)20)18(23)12-15-8-4-3-5-9-15/h3-11,14H,12-13H2,1-2H3,(H,21,24)/t14-/m1/s1. The lowest BCUT2D eigenvalue weighted by Crippen LogP contribution is -2.47. The largest absolute Gasteiger partial charge is 0.357 e. The smallest absolute Gasteiger partial charge is 0.242 e. The number of carbonyl (C=O) groups is 2. The summed E-state index contributed by atoms with van der Waals surface area (Å²) >= 11 is 6.21. The molecular formula is C19H21ClN2O2. The second-order valence-electron chi connectivity index (χ2n) is 5.57. The Kier molecular flexibility index (Phi) is 6.38. The van der Waals surface area contributed by atoms with Crippen molar-refractivity contribution in [2.45, 2.75) is 25.9 Å². The molecule has 2 rings (SSSR count). The Bertz CT molecular complexity index is 704. The number of hydrogen-bond acceptors (Lipinski definition) is 2.